The highest BCUT2D eigenvalue weighted by Crippen LogP contribution is 2.26. The van der Waals surface area contributed by atoms with Gasteiger partial charge in [-0.3, -0.25) is 0 Å². The Morgan fingerprint density at radius 2 is 2.17 bits per heavy atom. The van der Waals surface area contributed by atoms with Crippen molar-refractivity contribution >= 4 is 23.5 Å². The minimum atomic E-state index is 0.0378. The van der Waals surface area contributed by atoms with Crippen LogP contribution in [0.15, 0.2) is 24.3 Å². The molecular weight excluding hydrogens is 320 g/mol. The molecule has 4 nitrogen and oxygen atoms in total. The molecule has 5 heteroatoms. The molecule has 1 N–H and O–H groups in total. The molecule has 2 amide bonds. The highest BCUT2D eigenvalue weighted by molar-refractivity contribution is 7.99. The Balaban J connectivity index is 1.51. The summed E-state index contributed by atoms with van der Waals surface area (Å²) in [6.45, 7) is 5.73. The number of rotatable bonds is 4. The molecular formula is C19H28N2O2S. The molecule has 0 spiro atoms. The number of urea groups is 1. The van der Waals surface area contributed by atoms with Crippen molar-refractivity contribution in [1.82, 2.24) is 4.90 Å². The third kappa shape index (κ3) is 5.15. The van der Waals surface area contributed by atoms with Crippen molar-refractivity contribution in [2.75, 3.05) is 31.6 Å². The van der Waals surface area contributed by atoms with Crippen molar-refractivity contribution < 1.29 is 9.53 Å². The number of thioether (sulfide) groups is 1. The fraction of sp³-hybridized carbons (Fsp3) is 0.632. The zero-order valence-corrected chi connectivity index (χ0v) is 15.3. The molecule has 2 fully saturated rings. The molecule has 2 aliphatic heterocycles. The van der Waals surface area contributed by atoms with E-state index in [4.69, 9.17) is 4.74 Å². The van der Waals surface area contributed by atoms with E-state index < -0.39 is 0 Å². The molecule has 132 valence electrons. The minimum absolute atomic E-state index is 0.0378. The van der Waals surface area contributed by atoms with Gasteiger partial charge in [0.1, 0.15) is 0 Å². The van der Waals surface area contributed by atoms with Crippen molar-refractivity contribution in [3.8, 4) is 0 Å². The highest BCUT2D eigenvalue weighted by atomic mass is 32.2. The van der Waals surface area contributed by atoms with E-state index in [1.54, 1.807) is 0 Å². The summed E-state index contributed by atoms with van der Waals surface area (Å²) >= 11 is 2.00. The topological polar surface area (TPSA) is 41.6 Å². The predicted molar refractivity (Wildman–Crippen MR) is 101 cm³/mol. The van der Waals surface area contributed by atoms with Crippen molar-refractivity contribution in [1.29, 1.82) is 0 Å². The fourth-order valence-electron chi connectivity index (χ4n) is 3.37. The lowest BCUT2D eigenvalue weighted by molar-refractivity contribution is 0.1000. The average molecular weight is 349 g/mol. The summed E-state index contributed by atoms with van der Waals surface area (Å²) in [6, 6.07) is 8.31. The molecule has 1 aromatic carbocycles. The molecule has 0 radical (unpaired) electrons. The van der Waals surface area contributed by atoms with Gasteiger partial charge < -0.3 is 15.0 Å². The molecule has 24 heavy (non-hydrogen) atoms. The second-order valence-corrected chi connectivity index (χ2v) is 8.24. The van der Waals surface area contributed by atoms with E-state index in [-0.39, 0.29) is 6.03 Å². The quantitative estimate of drug-likeness (QED) is 0.879. The van der Waals surface area contributed by atoms with Crippen molar-refractivity contribution in [2.24, 2.45) is 5.92 Å². The van der Waals surface area contributed by atoms with Crippen LogP contribution in [0.2, 0.25) is 0 Å². The van der Waals surface area contributed by atoms with Gasteiger partial charge in [0.25, 0.3) is 0 Å². The van der Waals surface area contributed by atoms with Gasteiger partial charge in [-0.25, -0.2) is 4.79 Å². The average Bonchev–Trinajstić information content (AvgIpc) is 2.61. The summed E-state index contributed by atoms with van der Waals surface area (Å²) in [7, 11) is 0. The second-order valence-electron chi connectivity index (χ2n) is 6.95. The third-order valence-electron chi connectivity index (χ3n) is 4.78. The maximum atomic E-state index is 12.4. The monoisotopic (exact) mass is 348 g/mol. The van der Waals surface area contributed by atoms with E-state index in [1.165, 1.54) is 12.0 Å². The smallest absolute Gasteiger partial charge is 0.321 e. The second kappa shape index (κ2) is 8.77. The lowest BCUT2D eigenvalue weighted by Gasteiger charge is -2.31. The third-order valence-corrected chi connectivity index (χ3v) is 6.22. The normalized spacial score (nSPS) is 22.4. The molecule has 1 atom stereocenters. The number of hydrogen-bond donors (Lipinski definition) is 1. The van der Waals surface area contributed by atoms with Crippen LogP contribution < -0.4 is 5.32 Å². The molecule has 2 aliphatic rings. The molecule has 2 saturated heterocycles. The maximum absolute atomic E-state index is 12.4. The molecule has 0 saturated carbocycles. The van der Waals surface area contributed by atoms with Gasteiger partial charge in [-0.1, -0.05) is 19.1 Å². The number of carbonyl (C=O) groups is 1. The molecule has 0 unspecified atom stereocenters. The first-order chi connectivity index (χ1) is 11.7. The molecule has 0 bridgehead atoms. The summed E-state index contributed by atoms with van der Waals surface area (Å²) in [5.41, 5.74) is 2.18. The van der Waals surface area contributed by atoms with Gasteiger partial charge in [0.15, 0.2) is 0 Å². The maximum Gasteiger partial charge on any atom is 0.321 e. The van der Waals surface area contributed by atoms with E-state index in [2.05, 4.69) is 24.4 Å². The molecule has 0 aromatic heterocycles. The van der Waals surface area contributed by atoms with Crippen LogP contribution in [0.5, 0.6) is 0 Å². The van der Waals surface area contributed by atoms with Gasteiger partial charge >= 0.3 is 6.03 Å². The lowest BCUT2D eigenvalue weighted by atomic mass is 10.0. The number of anilines is 1. The number of benzene rings is 1. The van der Waals surface area contributed by atoms with Gasteiger partial charge in [0, 0.05) is 43.0 Å². The Morgan fingerprint density at radius 1 is 1.33 bits per heavy atom. The summed E-state index contributed by atoms with van der Waals surface area (Å²) < 4.78 is 5.41. The van der Waals surface area contributed by atoms with Gasteiger partial charge in [0.2, 0.25) is 0 Å². The number of hydrogen-bond acceptors (Lipinski definition) is 3. The van der Waals surface area contributed by atoms with Gasteiger partial charge in [-0.2, -0.15) is 11.8 Å². The zero-order valence-electron chi connectivity index (χ0n) is 14.5. The number of likely N-dealkylation sites (tertiary alicyclic amines) is 1. The first kappa shape index (κ1) is 17.6. The van der Waals surface area contributed by atoms with Crippen molar-refractivity contribution in [2.45, 2.75) is 43.6 Å². The van der Waals surface area contributed by atoms with Crippen LogP contribution in [0.25, 0.3) is 0 Å². The van der Waals surface area contributed by atoms with Crippen LogP contribution >= 0.6 is 11.8 Å². The van der Waals surface area contributed by atoms with E-state index >= 15 is 0 Å². The van der Waals surface area contributed by atoms with Crippen molar-refractivity contribution in [3.05, 3.63) is 29.8 Å². The Morgan fingerprint density at radius 3 is 2.96 bits per heavy atom. The predicted octanol–water partition coefficient (Wildman–Crippen LogP) is 4.36. The SMILES string of the molecule is C[C@@H]1CCCN(C(=O)Nc2cccc(CSC3CCOCC3)c2)C1. The largest absolute Gasteiger partial charge is 0.381 e. The Kier molecular flexibility index (Phi) is 6.44. The molecule has 2 heterocycles. The van der Waals surface area contributed by atoms with Crippen LogP contribution in [0.4, 0.5) is 10.5 Å². The van der Waals surface area contributed by atoms with E-state index in [1.807, 2.05) is 28.8 Å². The minimum Gasteiger partial charge on any atom is -0.381 e. The number of ether oxygens (including phenoxy) is 1. The zero-order chi connectivity index (χ0) is 16.8. The molecule has 0 aliphatic carbocycles. The highest BCUT2D eigenvalue weighted by Gasteiger charge is 2.21. The number of piperidine rings is 1. The standard InChI is InChI=1S/C19H28N2O2S/c1-15-4-3-9-21(13-15)19(22)20-17-6-2-5-16(12-17)14-24-18-7-10-23-11-8-18/h2,5-6,12,15,18H,3-4,7-11,13-14H2,1H3,(H,20,22)/t15-/m1/s1. The van der Waals surface area contributed by atoms with Crippen molar-refractivity contribution in [3.63, 3.8) is 0 Å². The van der Waals surface area contributed by atoms with Gasteiger partial charge in [-0.15, -0.1) is 0 Å². The Hall–Kier alpha value is -1.20. The summed E-state index contributed by atoms with van der Waals surface area (Å²) in [6.07, 6.45) is 4.63. The van der Waals surface area contributed by atoms with E-state index in [9.17, 15) is 4.79 Å². The van der Waals surface area contributed by atoms with Crippen LogP contribution in [0.1, 0.15) is 38.2 Å². The Labute approximate surface area is 149 Å². The number of carbonyl (C=O) groups excluding carboxylic acids is 1. The summed E-state index contributed by atoms with van der Waals surface area (Å²) in [4.78, 5) is 14.4. The van der Waals surface area contributed by atoms with Crippen LogP contribution in [0, 0.1) is 5.92 Å². The summed E-state index contributed by atoms with van der Waals surface area (Å²) in [5.74, 6) is 1.60. The van der Waals surface area contributed by atoms with Crippen LogP contribution in [-0.4, -0.2) is 42.5 Å². The molecule has 3 rings (SSSR count). The molecule has 1 aromatic rings. The lowest BCUT2D eigenvalue weighted by Crippen LogP contribution is -2.41. The number of nitrogens with one attached hydrogen (secondary N) is 1. The van der Waals surface area contributed by atoms with E-state index in [0.29, 0.717) is 11.2 Å². The number of amides is 2. The van der Waals surface area contributed by atoms with E-state index in [0.717, 1.165) is 57.0 Å². The number of nitrogens with zero attached hydrogens (tertiary/aromatic N) is 1. The first-order valence-corrected chi connectivity index (χ1v) is 10.1. The van der Waals surface area contributed by atoms with Crippen LogP contribution in [-0.2, 0) is 10.5 Å². The first-order valence-electron chi connectivity index (χ1n) is 9.05. The fourth-order valence-corrected chi connectivity index (χ4v) is 4.51. The summed E-state index contributed by atoms with van der Waals surface area (Å²) in [5, 5.41) is 3.77. The Bertz CT molecular complexity index is 546. The van der Waals surface area contributed by atoms with Gasteiger partial charge in [-0.05, 0) is 49.3 Å². The van der Waals surface area contributed by atoms with Gasteiger partial charge in [0.05, 0.1) is 0 Å². The van der Waals surface area contributed by atoms with Crippen LogP contribution in [0.3, 0.4) is 0 Å².